The summed E-state index contributed by atoms with van der Waals surface area (Å²) in [4.78, 5) is 26.9. The van der Waals surface area contributed by atoms with Gasteiger partial charge in [-0.15, -0.1) is 0 Å². The molecule has 0 N–H and O–H groups in total. The average molecular weight is 578 g/mol. The number of carbonyl (C=O) groups excluding carboxylic acids is 1. The second kappa shape index (κ2) is 12.1. The van der Waals surface area contributed by atoms with Crippen molar-refractivity contribution in [2.45, 2.75) is 25.1 Å². The highest BCUT2D eigenvalue weighted by Crippen LogP contribution is 2.38. The van der Waals surface area contributed by atoms with E-state index in [9.17, 15) is 22.8 Å². The van der Waals surface area contributed by atoms with Crippen LogP contribution < -0.4 is 15.0 Å². The molecule has 212 valence electrons. The fraction of sp³-hybridized carbons (Fsp3) is 0.321. The zero-order valence-electron chi connectivity index (χ0n) is 22.0. The Kier molecular flexibility index (Phi) is 8.85. The number of benzene rings is 2. The summed E-state index contributed by atoms with van der Waals surface area (Å²) in [5.74, 6) is -0.213. The van der Waals surface area contributed by atoms with Crippen molar-refractivity contribution in [3.8, 4) is 22.6 Å². The van der Waals surface area contributed by atoms with Crippen molar-refractivity contribution in [3.05, 3.63) is 75.8 Å². The largest absolute Gasteiger partial charge is 0.495 e. The maximum absolute atomic E-state index is 13.5. The maximum atomic E-state index is 13.5. The first-order chi connectivity index (χ1) is 19.0. The number of pyridine rings is 1. The van der Waals surface area contributed by atoms with Crippen LogP contribution in [0.15, 0.2) is 59.7 Å². The summed E-state index contributed by atoms with van der Waals surface area (Å²) in [7, 11) is 4.65. The third-order valence-corrected chi connectivity index (χ3v) is 6.49. The topological polar surface area (TPSA) is 84.6 Å². The monoisotopic (exact) mass is 577 g/mol. The summed E-state index contributed by atoms with van der Waals surface area (Å²) in [5.41, 5.74) is 1.31. The van der Waals surface area contributed by atoms with Crippen molar-refractivity contribution in [2.75, 3.05) is 27.4 Å². The maximum Gasteiger partial charge on any atom is 0.422 e. The Bertz CT molecular complexity index is 1580. The first kappa shape index (κ1) is 29.2. The van der Waals surface area contributed by atoms with E-state index < -0.39 is 24.4 Å². The van der Waals surface area contributed by atoms with Crippen molar-refractivity contribution >= 4 is 28.3 Å². The number of methoxy groups -OCH3 is 2. The van der Waals surface area contributed by atoms with E-state index in [4.69, 9.17) is 25.8 Å². The molecule has 2 heterocycles. The lowest BCUT2D eigenvalue weighted by molar-refractivity contribution is -0.153. The number of ketones is 1. The highest BCUT2D eigenvalue weighted by Gasteiger charge is 2.29. The van der Waals surface area contributed by atoms with E-state index in [-0.39, 0.29) is 52.9 Å². The molecular formula is C28H27ClF3N3O5. The van der Waals surface area contributed by atoms with Gasteiger partial charge in [0.15, 0.2) is 12.4 Å². The van der Waals surface area contributed by atoms with Gasteiger partial charge in [0.25, 0.3) is 5.56 Å². The molecule has 0 amide bonds. The van der Waals surface area contributed by atoms with Crippen molar-refractivity contribution in [3.63, 3.8) is 0 Å². The van der Waals surface area contributed by atoms with E-state index in [0.29, 0.717) is 0 Å². The number of hydrogen-bond acceptors (Lipinski definition) is 6. The molecule has 0 aliphatic rings. The minimum absolute atomic E-state index is 0.0550. The Morgan fingerprint density at radius 2 is 1.80 bits per heavy atom. The van der Waals surface area contributed by atoms with Crippen LogP contribution in [0.4, 0.5) is 13.2 Å². The molecule has 0 bridgehead atoms. The van der Waals surface area contributed by atoms with Crippen molar-refractivity contribution in [2.24, 2.45) is 7.05 Å². The molecule has 1 unspecified atom stereocenters. The van der Waals surface area contributed by atoms with E-state index >= 15 is 0 Å². The standard InChI is InChI=1S/C28H27ClF3N3O5/c1-34-14-18-10-17(4-6-22(18)33-34)11-24(36)23(8-9-38-2)35-15-26(39-3)21(13-27(35)37)20-12-19(29)5-7-25(20)40-16-28(30,31)32/h4-7,10,12-15,23H,8-9,11,16H2,1-3H3. The Hall–Kier alpha value is -3.83. The molecule has 1 atom stereocenters. The highest BCUT2D eigenvalue weighted by molar-refractivity contribution is 6.31. The van der Waals surface area contributed by atoms with Gasteiger partial charge in [0.2, 0.25) is 0 Å². The molecular weight excluding hydrogens is 551 g/mol. The van der Waals surface area contributed by atoms with Gasteiger partial charge in [0.05, 0.1) is 24.9 Å². The van der Waals surface area contributed by atoms with Crippen molar-refractivity contribution in [1.82, 2.24) is 14.3 Å². The van der Waals surface area contributed by atoms with Gasteiger partial charge in [0.1, 0.15) is 11.5 Å². The minimum atomic E-state index is -4.57. The minimum Gasteiger partial charge on any atom is -0.495 e. The lowest BCUT2D eigenvalue weighted by atomic mass is 9.99. The number of Topliss-reactive ketones (excluding diaryl/α,β-unsaturated/α-hetero) is 1. The number of carbonyl (C=O) groups is 1. The number of aryl methyl sites for hydroxylation is 1. The lowest BCUT2D eigenvalue weighted by Crippen LogP contribution is -2.31. The molecule has 2 aromatic carbocycles. The van der Waals surface area contributed by atoms with E-state index in [0.717, 1.165) is 16.5 Å². The Labute approximate surface area is 232 Å². The second-order valence-corrected chi connectivity index (χ2v) is 9.62. The first-order valence-electron chi connectivity index (χ1n) is 12.2. The molecule has 2 aromatic heterocycles. The number of halogens is 4. The van der Waals surface area contributed by atoms with Crippen LogP contribution in [0, 0.1) is 0 Å². The van der Waals surface area contributed by atoms with E-state index in [1.807, 2.05) is 31.4 Å². The number of aromatic nitrogens is 3. The summed E-state index contributed by atoms with van der Waals surface area (Å²) in [5, 5.41) is 5.44. The predicted molar refractivity (Wildman–Crippen MR) is 144 cm³/mol. The normalized spacial score (nSPS) is 12.5. The van der Waals surface area contributed by atoms with Crippen LogP contribution in [-0.4, -0.2) is 53.7 Å². The van der Waals surface area contributed by atoms with Crippen LogP contribution in [0.25, 0.3) is 22.0 Å². The zero-order valence-corrected chi connectivity index (χ0v) is 22.8. The van der Waals surface area contributed by atoms with Gasteiger partial charge in [-0.3, -0.25) is 14.3 Å². The molecule has 40 heavy (non-hydrogen) atoms. The van der Waals surface area contributed by atoms with Gasteiger partial charge in [0, 0.05) is 61.0 Å². The van der Waals surface area contributed by atoms with Gasteiger partial charge in [-0.05, 0) is 42.3 Å². The SMILES string of the molecule is COCCC(C(=O)Cc1ccc2nn(C)cc2c1)n1cc(OC)c(-c2cc(Cl)ccc2OCC(F)(F)F)cc1=O. The van der Waals surface area contributed by atoms with Crippen LogP contribution in [0.5, 0.6) is 11.5 Å². The van der Waals surface area contributed by atoms with Gasteiger partial charge < -0.3 is 18.8 Å². The van der Waals surface area contributed by atoms with E-state index in [2.05, 4.69) is 5.10 Å². The van der Waals surface area contributed by atoms with Gasteiger partial charge in [-0.2, -0.15) is 18.3 Å². The van der Waals surface area contributed by atoms with Gasteiger partial charge in [-0.1, -0.05) is 17.7 Å². The molecule has 8 nitrogen and oxygen atoms in total. The molecule has 4 rings (SSSR count). The zero-order chi connectivity index (χ0) is 29.0. The number of nitrogens with zero attached hydrogens (tertiary/aromatic N) is 3. The molecule has 0 saturated heterocycles. The summed E-state index contributed by atoms with van der Waals surface area (Å²) in [6.45, 7) is -1.32. The second-order valence-electron chi connectivity index (χ2n) is 9.18. The summed E-state index contributed by atoms with van der Waals surface area (Å²) in [6.07, 6.45) is -1.08. The summed E-state index contributed by atoms with van der Waals surface area (Å²) in [6, 6.07) is 9.88. The molecule has 0 fully saturated rings. The number of rotatable bonds is 11. The number of ether oxygens (including phenoxy) is 3. The molecule has 4 aromatic rings. The Balaban J connectivity index is 1.71. The van der Waals surface area contributed by atoms with Crippen LogP contribution in [0.1, 0.15) is 18.0 Å². The van der Waals surface area contributed by atoms with Crippen LogP contribution in [-0.2, 0) is 23.0 Å². The molecule has 0 aliphatic carbocycles. The highest BCUT2D eigenvalue weighted by atomic mass is 35.5. The van der Waals surface area contributed by atoms with Gasteiger partial charge >= 0.3 is 6.18 Å². The molecule has 0 saturated carbocycles. The smallest absolute Gasteiger partial charge is 0.422 e. The van der Waals surface area contributed by atoms with Gasteiger partial charge in [-0.25, -0.2) is 0 Å². The number of hydrogen-bond donors (Lipinski definition) is 0. The molecule has 0 spiro atoms. The fourth-order valence-electron chi connectivity index (χ4n) is 4.46. The lowest BCUT2D eigenvalue weighted by Gasteiger charge is -2.21. The Morgan fingerprint density at radius 3 is 2.50 bits per heavy atom. The molecule has 12 heteroatoms. The molecule has 0 aliphatic heterocycles. The Morgan fingerprint density at radius 1 is 1.05 bits per heavy atom. The van der Waals surface area contributed by atoms with Crippen molar-refractivity contribution in [1.29, 1.82) is 0 Å². The third-order valence-electron chi connectivity index (χ3n) is 6.25. The van der Waals surface area contributed by atoms with E-state index in [1.54, 1.807) is 4.68 Å². The number of alkyl halides is 3. The van der Waals surface area contributed by atoms with Crippen molar-refractivity contribution < 1.29 is 32.2 Å². The average Bonchev–Trinajstić information content (AvgIpc) is 3.27. The quantitative estimate of drug-likeness (QED) is 0.237. The summed E-state index contributed by atoms with van der Waals surface area (Å²) < 4.78 is 57.2. The van der Waals surface area contributed by atoms with Crippen LogP contribution in [0.3, 0.4) is 0 Å². The van der Waals surface area contributed by atoms with Crippen LogP contribution >= 0.6 is 11.6 Å². The molecule has 0 radical (unpaired) electrons. The fourth-order valence-corrected chi connectivity index (χ4v) is 4.63. The third kappa shape index (κ3) is 6.83. The first-order valence-corrected chi connectivity index (χ1v) is 12.6. The van der Waals surface area contributed by atoms with Crippen LogP contribution in [0.2, 0.25) is 5.02 Å². The predicted octanol–water partition coefficient (Wildman–Crippen LogP) is 5.39. The summed E-state index contributed by atoms with van der Waals surface area (Å²) >= 11 is 6.12. The van der Waals surface area contributed by atoms with E-state index in [1.165, 1.54) is 49.2 Å². The number of fused-ring (bicyclic) bond motifs is 1.